The summed E-state index contributed by atoms with van der Waals surface area (Å²) in [6.07, 6.45) is 3.54. The molecule has 1 aromatic rings. The molecule has 9 nitrogen and oxygen atoms in total. The fraction of sp³-hybridized carbons (Fsp3) is 0.500. The van der Waals surface area contributed by atoms with Gasteiger partial charge in [-0.3, -0.25) is 14.4 Å². The van der Waals surface area contributed by atoms with Crippen molar-refractivity contribution in [3.63, 3.8) is 0 Å². The number of nitrogens with zero attached hydrogens (tertiary/aromatic N) is 2. The van der Waals surface area contributed by atoms with Crippen LogP contribution in [0.25, 0.3) is 0 Å². The van der Waals surface area contributed by atoms with Gasteiger partial charge >= 0.3 is 0 Å². The summed E-state index contributed by atoms with van der Waals surface area (Å²) in [7, 11) is -3.92. The normalized spacial score (nSPS) is 22.3. The zero-order valence-electron chi connectivity index (χ0n) is 15.9. The molecule has 1 aliphatic rings. The molecule has 2 amide bonds. The van der Waals surface area contributed by atoms with Crippen LogP contribution in [0.4, 0.5) is 0 Å². The minimum Gasteiger partial charge on any atom is -0.369 e. The van der Waals surface area contributed by atoms with Gasteiger partial charge in [0.05, 0.1) is 19.0 Å². The molecule has 0 bridgehead atoms. The molecular weight excluding hydrogens is 384 g/mol. The highest BCUT2D eigenvalue weighted by Gasteiger charge is 2.37. The number of carbonyl (C=O) groups excluding carboxylic acids is 3. The van der Waals surface area contributed by atoms with Crippen LogP contribution in [0.2, 0.25) is 0 Å². The molecule has 1 aliphatic heterocycles. The zero-order valence-corrected chi connectivity index (χ0v) is 16.7. The van der Waals surface area contributed by atoms with E-state index < -0.39 is 45.6 Å². The Morgan fingerprint density at radius 1 is 1.39 bits per heavy atom. The molecule has 0 aliphatic carbocycles. The van der Waals surface area contributed by atoms with Crippen LogP contribution in [0.1, 0.15) is 33.1 Å². The lowest BCUT2D eigenvalue weighted by molar-refractivity contribution is -0.126. The van der Waals surface area contributed by atoms with Crippen molar-refractivity contribution in [1.82, 2.24) is 14.6 Å². The highest BCUT2D eigenvalue weighted by atomic mass is 32.2. The van der Waals surface area contributed by atoms with Gasteiger partial charge in [-0.2, -0.15) is 4.31 Å². The fourth-order valence-corrected chi connectivity index (χ4v) is 4.42. The Kier molecular flexibility index (Phi) is 7.25. The summed E-state index contributed by atoms with van der Waals surface area (Å²) in [5.74, 6) is -1.89. The van der Waals surface area contributed by atoms with E-state index in [2.05, 4.69) is 10.3 Å². The quantitative estimate of drug-likeness (QED) is 0.651. The first-order valence-electron chi connectivity index (χ1n) is 9.01. The van der Waals surface area contributed by atoms with Gasteiger partial charge in [0.1, 0.15) is 0 Å². The van der Waals surface area contributed by atoms with Crippen LogP contribution in [0.3, 0.4) is 0 Å². The van der Waals surface area contributed by atoms with Crippen molar-refractivity contribution < 1.29 is 22.8 Å². The van der Waals surface area contributed by atoms with Crippen molar-refractivity contribution in [3.05, 3.63) is 30.8 Å². The van der Waals surface area contributed by atoms with E-state index in [1.54, 1.807) is 26.0 Å². The van der Waals surface area contributed by atoms with E-state index in [1.807, 2.05) is 0 Å². The van der Waals surface area contributed by atoms with Crippen LogP contribution in [-0.2, 0) is 24.4 Å². The van der Waals surface area contributed by atoms with Crippen molar-refractivity contribution in [2.75, 3.05) is 6.54 Å². The molecule has 2 rings (SSSR count). The molecule has 1 aromatic heterocycles. The zero-order chi connectivity index (χ0) is 20.9. The highest BCUT2D eigenvalue weighted by molar-refractivity contribution is 7.89. The average Bonchev–Trinajstić information content (AvgIpc) is 2.80. The maximum atomic E-state index is 12.8. The number of pyridine rings is 1. The standard InChI is InChI=1S/C18H25N4O5S/c1-12(18(19)25)6-9-16(24)21-14-8-7-13(2)22(11-15(14)23)28(26,27)17-5-3-4-10-20-17/h3-5,9-10,12-14H,6-8,11H2,1-2H3,(H2,19,25)(H,21,24)/t12-,13-,14-/m0/s1. The molecule has 0 spiro atoms. The minimum absolute atomic E-state index is 0.120. The predicted octanol–water partition coefficient (Wildman–Crippen LogP) is 0.0243. The minimum atomic E-state index is -3.92. The van der Waals surface area contributed by atoms with Crippen LogP contribution >= 0.6 is 0 Å². The van der Waals surface area contributed by atoms with Gasteiger partial charge in [0.2, 0.25) is 11.8 Å². The second kappa shape index (κ2) is 9.24. The van der Waals surface area contributed by atoms with Crippen molar-refractivity contribution >= 4 is 27.6 Å². The number of sulfonamides is 1. The van der Waals surface area contributed by atoms with Gasteiger partial charge in [0.15, 0.2) is 10.8 Å². The number of carbonyl (C=O) groups is 3. The van der Waals surface area contributed by atoms with Gasteiger partial charge in [0.25, 0.3) is 10.0 Å². The molecule has 2 heterocycles. The lowest BCUT2D eigenvalue weighted by atomic mass is 10.0. The third-order valence-corrected chi connectivity index (χ3v) is 6.61. The molecule has 0 unspecified atom stereocenters. The van der Waals surface area contributed by atoms with Gasteiger partial charge in [-0.1, -0.05) is 13.0 Å². The SMILES string of the molecule is C[C@@H](C[CH]C(=O)N[C@H]1CC[C@H](C)N(S(=O)(=O)c2ccccn2)CC1=O)C(N)=O. The molecule has 153 valence electrons. The lowest BCUT2D eigenvalue weighted by Gasteiger charge is -2.24. The monoisotopic (exact) mass is 409 g/mol. The van der Waals surface area contributed by atoms with Crippen LogP contribution in [0.15, 0.2) is 29.4 Å². The summed E-state index contributed by atoms with van der Waals surface area (Å²) in [5.41, 5.74) is 5.16. The first-order valence-corrected chi connectivity index (χ1v) is 10.5. The lowest BCUT2D eigenvalue weighted by Crippen LogP contribution is -2.45. The second-order valence-corrected chi connectivity index (χ2v) is 8.75. The van der Waals surface area contributed by atoms with Crippen molar-refractivity contribution in [3.8, 4) is 0 Å². The second-order valence-electron chi connectivity index (χ2n) is 6.92. The van der Waals surface area contributed by atoms with Crippen LogP contribution in [0.5, 0.6) is 0 Å². The van der Waals surface area contributed by atoms with E-state index >= 15 is 0 Å². The Morgan fingerprint density at radius 3 is 2.71 bits per heavy atom. The maximum absolute atomic E-state index is 12.8. The summed E-state index contributed by atoms with van der Waals surface area (Å²) in [5, 5.41) is 2.48. The Bertz CT molecular complexity index is 828. The molecule has 0 saturated carbocycles. The predicted molar refractivity (Wildman–Crippen MR) is 101 cm³/mol. The van der Waals surface area contributed by atoms with Crippen LogP contribution in [0, 0.1) is 12.3 Å². The summed E-state index contributed by atoms with van der Waals surface area (Å²) in [6, 6.07) is 3.34. The number of amides is 2. The van der Waals surface area contributed by atoms with Gasteiger partial charge in [-0.25, -0.2) is 13.4 Å². The highest BCUT2D eigenvalue weighted by Crippen LogP contribution is 2.22. The first kappa shape index (κ1) is 22.0. The fourth-order valence-electron chi connectivity index (χ4n) is 2.86. The Hall–Kier alpha value is -2.33. The van der Waals surface area contributed by atoms with E-state index in [4.69, 9.17) is 5.73 Å². The number of nitrogens with two attached hydrogens (primary N) is 1. The van der Waals surface area contributed by atoms with E-state index in [-0.39, 0.29) is 18.0 Å². The number of primary amides is 1. The molecule has 0 aromatic carbocycles. The molecule has 10 heteroatoms. The van der Waals surface area contributed by atoms with E-state index in [1.165, 1.54) is 18.7 Å². The Morgan fingerprint density at radius 2 is 2.11 bits per heavy atom. The summed E-state index contributed by atoms with van der Waals surface area (Å²) in [4.78, 5) is 39.6. The van der Waals surface area contributed by atoms with Gasteiger partial charge < -0.3 is 11.1 Å². The number of hydrogen-bond acceptors (Lipinski definition) is 6. The number of rotatable bonds is 7. The van der Waals surface area contributed by atoms with E-state index in [9.17, 15) is 22.8 Å². The molecule has 3 N–H and O–H groups in total. The maximum Gasteiger partial charge on any atom is 0.261 e. The number of hydrogen-bond donors (Lipinski definition) is 2. The summed E-state index contributed by atoms with van der Waals surface area (Å²) in [6.45, 7) is 2.98. The van der Waals surface area contributed by atoms with Crippen LogP contribution in [-0.4, -0.2) is 53.9 Å². The Balaban J connectivity index is 2.05. The largest absolute Gasteiger partial charge is 0.369 e. The summed E-state index contributed by atoms with van der Waals surface area (Å²) < 4.78 is 26.8. The number of aromatic nitrogens is 1. The number of ketones is 1. The Labute approximate surface area is 164 Å². The van der Waals surface area contributed by atoms with Gasteiger partial charge in [-0.15, -0.1) is 0 Å². The third-order valence-electron chi connectivity index (χ3n) is 4.73. The molecule has 3 atom stereocenters. The first-order chi connectivity index (χ1) is 13.1. The number of nitrogens with one attached hydrogen (secondary N) is 1. The molecule has 1 saturated heterocycles. The van der Waals surface area contributed by atoms with Crippen molar-refractivity contribution in [2.45, 2.75) is 50.2 Å². The number of Topliss-reactive ketones (excluding diaryl/α,β-unsaturated/α-hetero) is 1. The third kappa shape index (κ3) is 5.35. The van der Waals surface area contributed by atoms with Gasteiger partial charge in [-0.05, 0) is 38.3 Å². The smallest absolute Gasteiger partial charge is 0.261 e. The summed E-state index contributed by atoms with van der Waals surface area (Å²) >= 11 is 0. The molecule has 1 radical (unpaired) electrons. The van der Waals surface area contributed by atoms with Crippen molar-refractivity contribution in [1.29, 1.82) is 0 Å². The molecule has 28 heavy (non-hydrogen) atoms. The average molecular weight is 409 g/mol. The molecular formula is C18H25N4O5S. The van der Waals surface area contributed by atoms with Crippen LogP contribution < -0.4 is 11.1 Å². The van der Waals surface area contributed by atoms with E-state index in [0.29, 0.717) is 12.8 Å². The topological polar surface area (TPSA) is 140 Å². The molecule has 1 fully saturated rings. The van der Waals surface area contributed by atoms with Gasteiger partial charge in [0, 0.05) is 18.2 Å². The van der Waals surface area contributed by atoms with Crippen molar-refractivity contribution in [2.24, 2.45) is 11.7 Å². The van der Waals surface area contributed by atoms with E-state index in [0.717, 1.165) is 4.31 Å².